The summed E-state index contributed by atoms with van der Waals surface area (Å²) in [5.74, 6) is -0.225. The number of morpholine rings is 1. The maximum Gasteiger partial charge on any atom is 0.410 e. The van der Waals surface area contributed by atoms with E-state index in [2.05, 4.69) is 20.8 Å². The van der Waals surface area contributed by atoms with Crippen LogP contribution in [0.1, 0.15) is 49.8 Å². The molecule has 2 N–H and O–H groups in total. The van der Waals surface area contributed by atoms with Crippen LogP contribution < -0.4 is 10.6 Å². The Bertz CT molecular complexity index is 730. The van der Waals surface area contributed by atoms with Crippen LogP contribution in [-0.4, -0.2) is 71.1 Å². The van der Waals surface area contributed by atoms with E-state index in [9.17, 15) is 9.59 Å². The Morgan fingerprint density at radius 1 is 1.32 bits per heavy atom. The van der Waals surface area contributed by atoms with Gasteiger partial charge in [-0.15, -0.1) is 5.10 Å². The fourth-order valence-electron chi connectivity index (χ4n) is 2.83. The monoisotopic (exact) mass is 391 g/mol. The number of nitrogens with one attached hydrogen (secondary N) is 2. The lowest BCUT2D eigenvalue weighted by Gasteiger charge is -2.34. The SMILES string of the molecule is Cc1cc(NCC2CN(C(=O)OC(C)(C)C)CCO2)c(C(=O)NC2CC2)nn1. The van der Waals surface area contributed by atoms with Gasteiger partial charge in [-0.05, 0) is 46.6 Å². The highest BCUT2D eigenvalue weighted by atomic mass is 16.6. The van der Waals surface area contributed by atoms with E-state index in [0.717, 1.165) is 12.8 Å². The van der Waals surface area contributed by atoms with Crippen LogP contribution in [0.3, 0.4) is 0 Å². The van der Waals surface area contributed by atoms with Crippen LogP contribution in [0.25, 0.3) is 0 Å². The number of aromatic nitrogens is 2. The summed E-state index contributed by atoms with van der Waals surface area (Å²) in [6.45, 7) is 9.15. The summed E-state index contributed by atoms with van der Waals surface area (Å²) in [5.41, 5.74) is 1.07. The minimum atomic E-state index is -0.535. The van der Waals surface area contributed by atoms with E-state index in [0.29, 0.717) is 37.6 Å². The molecule has 1 aliphatic carbocycles. The largest absolute Gasteiger partial charge is 0.444 e. The Hall–Kier alpha value is -2.42. The van der Waals surface area contributed by atoms with Crippen molar-refractivity contribution in [3.8, 4) is 0 Å². The highest BCUT2D eigenvalue weighted by Crippen LogP contribution is 2.21. The number of carbonyl (C=O) groups is 2. The van der Waals surface area contributed by atoms with Crippen molar-refractivity contribution >= 4 is 17.7 Å². The molecule has 1 saturated carbocycles. The first-order valence-electron chi connectivity index (χ1n) is 9.70. The molecule has 1 unspecified atom stereocenters. The molecule has 2 aliphatic rings. The molecule has 1 aromatic heterocycles. The molecule has 2 heterocycles. The van der Waals surface area contributed by atoms with Gasteiger partial charge in [-0.1, -0.05) is 0 Å². The molecule has 0 aromatic carbocycles. The molecule has 9 nitrogen and oxygen atoms in total. The van der Waals surface area contributed by atoms with Gasteiger partial charge in [0.25, 0.3) is 5.91 Å². The molecule has 1 atom stereocenters. The van der Waals surface area contributed by atoms with Gasteiger partial charge in [0.15, 0.2) is 5.69 Å². The van der Waals surface area contributed by atoms with Crippen molar-refractivity contribution in [1.82, 2.24) is 20.4 Å². The summed E-state index contributed by atoms with van der Waals surface area (Å²) in [7, 11) is 0. The van der Waals surface area contributed by atoms with E-state index >= 15 is 0 Å². The van der Waals surface area contributed by atoms with Crippen LogP contribution in [0.4, 0.5) is 10.5 Å². The van der Waals surface area contributed by atoms with Gasteiger partial charge in [-0.3, -0.25) is 4.79 Å². The highest BCUT2D eigenvalue weighted by molar-refractivity contribution is 5.97. The summed E-state index contributed by atoms with van der Waals surface area (Å²) in [4.78, 5) is 26.3. The van der Waals surface area contributed by atoms with Gasteiger partial charge in [0.05, 0.1) is 30.6 Å². The van der Waals surface area contributed by atoms with Crippen molar-refractivity contribution in [2.45, 2.75) is 58.3 Å². The summed E-state index contributed by atoms with van der Waals surface area (Å²) in [6, 6.07) is 2.04. The third-order valence-corrected chi connectivity index (χ3v) is 4.35. The van der Waals surface area contributed by atoms with Crippen LogP contribution in [0.15, 0.2) is 6.07 Å². The zero-order valence-corrected chi connectivity index (χ0v) is 16.9. The number of nitrogens with zero attached hydrogens (tertiary/aromatic N) is 3. The Kier molecular flexibility index (Phi) is 6.02. The molecule has 2 amide bonds. The third-order valence-electron chi connectivity index (χ3n) is 4.35. The first-order valence-corrected chi connectivity index (χ1v) is 9.70. The Labute approximate surface area is 165 Å². The molecule has 28 heavy (non-hydrogen) atoms. The predicted octanol–water partition coefficient (Wildman–Crippen LogP) is 1.73. The van der Waals surface area contributed by atoms with Gasteiger partial charge in [-0.25, -0.2) is 4.79 Å². The average molecular weight is 391 g/mol. The fraction of sp³-hybridized carbons (Fsp3) is 0.684. The Morgan fingerprint density at radius 2 is 2.07 bits per heavy atom. The zero-order chi connectivity index (χ0) is 20.3. The fourth-order valence-corrected chi connectivity index (χ4v) is 2.83. The van der Waals surface area contributed by atoms with Crippen LogP contribution >= 0.6 is 0 Å². The van der Waals surface area contributed by atoms with Crippen molar-refractivity contribution in [2.24, 2.45) is 0 Å². The summed E-state index contributed by atoms with van der Waals surface area (Å²) < 4.78 is 11.2. The average Bonchev–Trinajstić information content (AvgIpc) is 3.42. The van der Waals surface area contributed by atoms with Crippen molar-refractivity contribution in [3.05, 3.63) is 17.5 Å². The molecule has 9 heteroatoms. The molecule has 0 radical (unpaired) electrons. The molecule has 0 spiro atoms. The quantitative estimate of drug-likeness (QED) is 0.787. The second kappa shape index (κ2) is 8.30. The Balaban J connectivity index is 1.59. The number of amides is 2. The summed E-state index contributed by atoms with van der Waals surface area (Å²) >= 11 is 0. The number of hydrogen-bond donors (Lipinski definition) is 2. The highest BCUT2D eigenvalue weighted by Gasteiger charge is 2.29. The second-order valence-corrected chi connectivity index (χ2v) is 8.30. The first kappa shape index (κ1) is 20.3. The maximum absolute atomic E-state index is 12.4. The number of carbonyl (C=O) groups excluding carboxylic acids is 2. The molecule has 1 saturated heterocycles. The van der Waals surface area contributed by atoms with Crippen molar-refractivity contribution in [3.63, 3.8) is 0 Å². The van der Waals surface area contributed by atoms with Crippen molar-refractivity contribution in [2.75, 3.05) is 31.6 Å². The van der Waals surface area contributed by atoms with Crippen LogP contribution in [0.2, 0.25) is 0 Å². The van der Waals surface area contributed by atoms with E-state index in [1.54, 1.807) is 11.0 Å². The molecule has 1 aromatic rings. The normalized spacial score (nSPS) is 19.9. The van der Waals surface area contributed by atoms with E-state index in [1.807, 2.05) is 27.7 Å². The van der Waals surface area contributed by atoms with Gasteiger partial charge >= 0.3 is 6.09 Å². The standard InChI is InChI=1S/C19H29N5O4/c1-12-9-15(16(23-22-12)17(25)21-13-5-6-13)20-10-14-11-24(7-8-27-14)18(26)28-19(2,3)4/h9,13-14H,5-8,10-11H2,1-4H3,(H,20,22)(H,21,25). The van der Waals surface area contributed by atoms with Crippen molar-refractivity contribution in [1.29, 1.82) is 0 Å². The molecule has 2 fully saturated rings. The van der Waals surface area contributed by atoms with Crippen molar-refractivity contribution < 1.29 is 19.1 Å². The smallest absolute Gasteiger partial charge is 0.410 e. The number of aryl methyl sites for hydroxylation is 1. The minimum Gasteiger partial charge on any atom is -0.444 e. The van der Waals surface area contributed by atoms with Crippen LogP contribution in [0.5, 0.6) is 0 Å². The lowest BCUT2D eigenvalue weighted by atomic mass is 10.2. The van der Waals surface area contributed by atoms with Gasteiger partial charge < -0.3 is 25.0 Å². The van der Waals surface area contributed by atoms with Crippen LogP contribution in [-0.2, 0) is 9.47 Å². The lowest BCUT2D eigenvalue weighted by Crippen LogP contribution is -2.49. The molecular weight excluding hydrogens is 362 g/mol. The predicted molar refractivity (Wildman–Crippen MR) is 103 cm³/mol. The zero-order valence-electron chi connectivity index (χ0n) is 16.9. The van der Waals surface area contributed by atoms with E-state index in [4.69, 9.17) is 9.47 Å². The molecule has 3 rings (SSSR count). The van der Waals surface area contributed by atoms with E-state index in [-0.39, 0.29) is 29.8 Å². The minimum absolute atomic E-state index is 0.214. The number of anilines is 1. The Morgan fingerprint density at radius 3 is 2.75 bits per heavy atom. The maximum atomic E-state index is 12.4. The summed E-state index contributed by atoms with van der Waals surface area (Å²) in [6.07, 6.45) is 1.45. The van der Waals surface area contributed by atoms with E-state index in [1.165, 1.54) is 0 Å². The number of ether oxygens (including phenoxy) is 2. The molecule has 1 aliphatic heterocycles. The molecule has 0 bridgehead atoms. The molecule has 154 valence electrons. The van der Waals surface area contributed by atoms with E-state index < -0.39 is 5.60 Å². The first-order chi connectivity index (χ1) is 13.2. The number of hydrogen-bond acceptors (Lipinski definition) is 7. The topological polar surface area (TPSA) is 106 Å². The summed E-state index contributed by atoms with van der Waals surface area (Å²) in [5, 5.41) is 14.2. The number of rotatable bonds is 5. The van der Waals surface area contributed by atoms with Gasteiger partial charge in [0.2, 0.25) is 0 Å². The second-order valence-electron chi connectivity index (χ2n) is 8.30. The van der Waals surface area contributed by atoms with Gasteiger partial charge in [0.1, 0.15) is 5.60 Å². The van der Waals surface area contributed by atoms with Gasteiger partial charge in [-0.2, -0.15) is 5.10 Å². The third kappa shape index (κ3) is 5.79. The van der Waals surface area contributed by atoms with Gasteiger partial charge in [0, 0.05) is 19.1 Å². The molecular formula is C19H29N5O4. The lowest BCUT2D eigenvalue weighted by molar-refractivity contribution is -0.0371. The van der Waals surface area contributed by atoms with Crippen LogP contribution in [0, 0.1) is 6.92 Å².